The van der Waals surface area contributed by atoms with E-state index < -0.39 is 0 Å². The van der Waals surface area contributed by atoms with Gasteiger partial charge in [-0.25, -0.2) is 0 Å². The Morgan fingerprint density at radius 2 is 1.82 bits per heavy atom. The number of hydrogen-bond acceptors (Lipinski definition) is 3. The highest BCUT2D eigenvalue weighted by atomic mass is 35.5. The molecule has 1 amide bonds. The molecular weight excluding hydrogens is 300 g/mol. The number of halogens is 1. The third-order valence-electron chi connectivity index (χ3n) is 4.07. The van der Waals surface area contributed by atoms with Crippen LogP contribution in [0.25, 0.3) is 0 Å². The van der Waals surface area contributed by atoms with Gasteiger partial charge in [-0.05, 0) is 62.8 Å². The number of rotatable bonds is 7. The van der Waals surface area contributed by atoms with Crippen molar-refractivity contribution in [2.75, 3.05) is 11.9 Å². The summed E-state index contributed by atoms with van der Waals surface area (Å²) in [6, 6.07) is 7.87. The number of carbonyl (C=O) groups excluding carboxylic acids is 1. The summed E-state index contributed by atoms with van der Waals surface area (Å²) >= 11 is 5.83. The number of carbonyl (C=O) groups is 1. The van der Waals surface area contributed by atoms with Crippen LogP contribution in [0.5, 0.6) is 0 Å². The first-order valence-electron chi connectivity index (χ1n) is 8.10. The Morgan fingerprint density at radius 1 is 1.14 bits per heavy atom. The molecule has 3 N–H and O–H groups in total. The van der Waals surface area contributed by atoms with Gasteiger partial charge in [0, 0.05) is 29.7 Å². The van der Waals surface area contributed by atoms with Crippen LogP contribution in [0, 0.1) is 0 Å². The molecule has 1 aliphatic rings. The van der Waals surface area contributed by atoms with Crippen molar-refractivity contribution < 1.29 is 9.90 Å². The molecule has 5 heteroatoms. The van der Waals surface area contributed by atoms with Crippen LogP contribution < -0.4 is 10.6 Å². The molecule has 4 nitrogen and oxygen atoms in total. The van der Waals surface area contributed by atoms with Gasteiger partial charge in [-0.15, -0.1) is 0 Å². The van der Waals surface area contributed by atoms with Gasteiger partial charge in [0.25, 0.3) is 0 Å². The second kappa shape index (κ2) is 9.01. The fourth-order valence-corrected chi connectivity index (χ4v) is 2.86. The standard InChI is InChI=1S/C17H25ClN2O2/c18-13-4-6-14(7-5-13)19-12-2-1-3-17(22)20-15-8-10-16(21)11-9-15/h4-7,15-16,19,21H,1-3,8-12H2,(H,20,22). The van der Waals surface area contributed by atoms with Crippen molar-refractivity contribution >= 4 is 23.2 Å². The molecule has 22 heavy (non-hydrogen) atoms. The average Bonchev–Trinajstić information content (AvgIpc) is 2.51. The molecule has 0 heterocycles. The smallest absolute Gasteiger partial charge is 0.220 e. The molecule has 1 aromatic rings. The minimum atomic E-state index is -0.174. The number of anilines is 1. The number of aliphatic hydroxyl groups excluding tert-OH is 1. The van der Waals surface area contributed by atoms with Crippen LogP contribution in [0.2, 0.25) is 5.02 Å². The maximum atomic E-state index is 11.9. The number of benzene rings is 1. The van der Waals surface area contributed by atoms with E-state index in [-0.39, 0.29) is 18.1 Å². The summed E-state index contributed by atoms with van der Waals surface area (Å²) in [6.07, 6.45) is 5.62. The highest BCUT2D eigenvalue weighted by molar-refractivity contribution is 6.30. The minimum Gasteiger partial charge on any atom is -0.393 e. The molecule has 122 valence electrons. The van der Waals surface area contributed by atoms with E-state index in [9.17, 15) is 9.90 Å². The van der Waals surface area contributed by atoms with E-state index >= 15 is 0 Å². The molecule has 1 fully saturated rings. The molecule has 1 saturated carbocycles. The van der Waals surface area contributed by atoms with E-state index in [1.165, 1.54) is 0 Å². The summed E-state index contributed by atoms with van der Waals surface area (Å²) < 4.78 is 0. The average molecular weight is 325 g/mol. The lowest BCUT2D eigenvalue weighted by atomic mass is 9.93. The van der Waals surface area contributed by atoms with Crippen LogP contribution in [-0.2, 0) is 4.79 Å². The third-order valence-corrected chi connectivity index (χ3v) is 4.32. The van der Waals surface area contributed by atoms with Crippen molar-refractivity contribution in [3.63, 3.8) is 0 Å². The predicted molar refractivity (Wildman–Crippen MR) is 90.2 cm³/mol. The summed E-state index contributed by atoms with van der Waals surface area (Å²) in [5.74, 6) is 0.132. The Morgan fingerprint density at radius 3 is 2.50 bits per heavy atom. The van der Waals surface area contributed by atoms with E-state index in [2.05, 4.69) is 10.6 Å². The molecule has 1 aliphatic carbocycles. The van der Waals surface area contributed by atoms with Gasteiger partial charge in [-0.1, -0.05) is 11.6 Å². The molecular formula is C17H25ClN2O2. The number of hydrogen-bond donors (Lipinski definition) is 3. The van der Waals surface area contributed by atoms with Crippen molar-refractivity contribution in [2.45, 2.75) is 57.1 Å². The maximum Gasteiger partial charge on any atom is 0.220 e. The van der Waals surface area contributed by atoms with E-state index in [1.54, 1.807) is 0 Å². The topological polar surface area (TPSA) is 61.4 Å². The van der Waals surface area contributed by atoms with E-state index in [0.717, 1.165) is 55.8 Å². The zero-order valence-corrected chi connectivity index (χ0v) is 13.6. The lowest BCUT2D eigenvalue weighted by Gasteiger charge is -2.26. The van der Waals surface area contributed by atoms with Gasteiger partial charge in [0.05, 0.1) is 6.10 Å². The van der Waals surface area contributed by atoms with Crippen LogP contribution in [-0.4, -0.2) is 29.7 Å². The van der Waals surface area contributed by atoms with Crippen LogP contribution in [0.4, 0.5) is 5.69 Å². The summed E-state index contributed by atoms with van der Waals surface area (Å²) in [6.45, 7) is 0.852. The van der Waals surface area contributed by atoms with Crippen molar-refractivity contribution in [1.82, 2.24) is 5.32 Å². The van der Waals surface area contributed by atoms with Gasteiger partial charge in [-0.3, -0.25) is 4.79 Å². The maximum absolute atomic E-state index is 11.9. The van der Waals surface area contributed by atoms with Crippen molar-refractivity contribution in [3.8, 4) is 0 Å². The summed E-state index contributed by atoms with van der Waals surface area (Å²) in [5.41, 5.74) is 1.05. The molecule has 0 radical (unpaired) electrons. The summed E-state index contributed by atoms with van der Waals surface area (Å²) in [5, 5.41) is 16.6. The van der Waals surface area contributed by atoms with Crippen LogP contribution in [0.3, 0.4) is 0 Å². The van der Waals surface area contributed by atoms with E-state index in [4.69, 9.17) is 11.6 Å². The quantitative estimate of drug-likeness (QED) is 0.674. The molecule has 2 rings (SSSR count). The van der Waals surface area contributed by atoms with E-state index in [0.29, 0.717) is 6.42 Å². The Labute approximate surface area is 137 Å². The second-order valence-electron chi connectivity index (χ2n) is 5.96. The first-order valence-corrected chi connectivity index (χ1v) is 8.48. The molecule has 0 saturated heterocycles. The van der Waals surface area contributed by atoms with Gasteiger partial charge in [0.1, 0.15) is 0 Å². The second-order valence-corrected chi connectivity index (χ2v) is 6.40. The van der Waals surface area contributed by atoms with Crippen molar-refractivity contribution in [2.24, 2.45) is 0 Å². The number of unbranched alkanes of at least 4 members (excludes halogenated alkanes) is 1. The minimum absolute atomic E-state index is 0.132. The Hall–Kier alpha value is -1.26. The van der Waals surface area contributed by atoms with E-state index in [1.807, 2.05) is 24.3 Å². The van der Waals surface area contributed by atoms with Gasteiger partial charge >= 0.3 is 0 Å². The first kappa shape index (κ1) is 17.1. The molecule has 0 aromatic heterocycles. The summed E-state index contributed by atoms with van der Waals surface area (Å²) in [7, 11) is 0. The molecule has 0 spiro atoms. The Kier molecular flexibility index (Phi) is 7.00. The Bertz CT molecular complexity index is 456. The molecule has 0 unspecified atom stereocenters. The van der Waals surface area contributed by atoms with Gasteiger partial charge < -0.3 is 15.7 Å². The largest absolute Gasteiger partial charge is 0.393 e. The molecule has 1 aromatic carbocycles. The van der Waals surface area contributed by atoms with Crippen LogP contribution >= 0.6 is 11.6 Å². The number of aliphatic hydroxyl groups is 1. The predicted octanol–water partition coefficient (Wildman–Crippen LogP) is 3.34. The summed E-state index contributed by atoms with van der Waals surface area (Å²) in [4.78, 5) is 11.9. The molecule has 0 bridgehead atoms. The molecule has 0 atom stereocenters. The Balaban J connectivity index is 1.52. The normalized spacial score (nSPS) is 21.4. The SMILES string of the molecule is O=C(CCCCNc1ccc(Cl)cc1)NC1CCC(O)CC1. The van der Waals surface area contributed by atoms with Crippen LogP contribution in [0.1, 0.15) is 44.9 Å². The number of amides is 1. The first-order chi connectivity index (χ1) is 10.6. The van der Waals surface area contributed by atoms with Crippen molar-refractivity contribution in [3.05, 3.63) is 29.3 Å². The lowest BCUT2D eigenvalue weighted by Crippen LogP contribution is -2.38. The van der Waals surface area contributed by atoms with Gasteiger partial charge in [0.2, 0.25) is 5.91 Å². The molecule has 0 aliphatic heterocycles. The third kappa shape index (κ3) is 6.24. The fourth-order valence-electron chi connectivity index (χ4n) is 2.73. The van der Waals surface area contributed by atoms with Gasteiger partial charge in [0.15, 0.2) is 0 Å². The highest BCUT2D eigenvalue weighted by Crippen LogP contribution is 2.18. The zero-order chi connectivity index (χ0) is 15.8. The highest BCUT2D eigenvalue weighted by Gasteiger charge is 2.20. The van der Waals surface area contributed by atoms with Crippen molar-refractivity contribution in [1.29, 1.82) is 0 Å². The van der Waals surface area contributed by atoms with Gasteiger partial charge in [-0.2, -0.15) is 0 Å². The zero-order valence-electron chi connectivity index (χ0n) is 12.9. The number of nitrogens with one attached hydrogen (secondary N) is 2. The lowest BCUT2D eigenvalue weighted by molar-refractivity contribution is -0.122. The van der Waals surface area contributed by atoms with Crippen LogP contribution in [0.15, 0.2) is 24.3 Å². The monoisotopic (exact) mass is 324 g/mol. The fraction of sp³-hybridized carbons (Fsp3) is 0.588.